The van der Waals surface area contributed by atoms with E-state index in [1.54, 1.807) is 0 Å². The molecule has 1 aromatic heterocycles. The molecule has 112 valence electrons. The first-order valence-corrected chi connectivity index (χ1v) is 6.00. The largest absolute Gasteiger partial charge is 0.383 e. The molecule has 0 aliphatic heterocycles. The first-order valence-electron chi connectivity index (χ1n) is 6.00. The molecule has 0 fully saturated rings. The monoisotopic (exact) mass is 288 g/mol. The highest BCUT2D eigenvalue weighted by Crippen LogP contribution is 2.20. The number of hydrogen-bond acceptors (Lipinski definition) is 5. The van der Waals surface area contributed by atoms with Crippen molar-refractivity contribution in [3.63, 3.8) is 0 Å². The molecule has 8 heteroatoms. The first-order chi connectivity index (χ1) is 9.49. The predicted octanol–water partition coefficient (Wildman–Crippen LogP) is 0.600. The Morgan fingerprint density at radius 1 is 1.45 bits per heavy atom. The van der Waals surface area contributed by atoms with Crippen LogP contribution in [0.15, 0.2) is 6.07 Å². The van der Waals surface area contributed by atoms with Gasteiger partial charge < -0.3 is 20.3 Å². The summed E-state index contributed by atoms with van der Waals surface area (Å²) in [5, 5.41) is 5.11. The van der Waals surface area contributed by atoms with E-state index in [2.05, 4.69) is 15.6 Å². The number of likely N-dealkylation sites (N-methyl/N-ethyl adjacent to an activating group) is 1. The van der Waals surface area contributed by atoms with E-state index >= 15 is 0 Å². The van der Waals surface area contributed by atoms with E-state index in [0.717, 1.165) is 6.07 Å². The van der Waals surface area contributed by atoms with Gasteiger partial charge in [0.05, 0.1) is 13.2 Å². The standard InChI is InChI=1S/C12H18F2N4O2/c1-15-11-8(13)6-9(14)12(17-11)18(2)7-10(19)16-4-5-20-3/h6H,4-5,7H2,1-3H3,(H,15,17)(H,16,19). The van der Waals surface area contributed by atoms with Crippen LogP contribution in [0.25, 0.3) is 0 Å². The molecule has 1 rings (SSSR count). The zero-order chi connectivity index (χ0) is 15.1. The van der Waals surface area contributed by atoms with Crippen molar-refractivity contribution < 1.29 is 18.3 Å². The average molecular weight is 288 g/mol. The van der Waals surface area contributed by atoms with Crippen LogP contribution in [0.1, 0.15) is 0 Å². The summed E-state index contributed by atoms with van der Waals surface area (Å²) in [6.45, 7) is 0.662. The summed E-state index contributed by atoms with van der Waals surface area (Å²) in [7, 11) is 4.50. The van der Waals surface area contributed by atoms with Gasteiger partial charge in [-0.1, -0.05) is 0 Å². The number of carbonyl (C=O) groups is 1. The molecule has 20 heavy (non-hydrogen) atoms. The third-order valence-corrected chi connectivity index (χ3v) is 2.52. The molecule has 0 radical (unpaired) electrons. The smallest absolute Gasteiger partial charge is 0.239 e. The highest BCUT2D eigenvalue weighted by molar-refractivity contribution is 5.80. The van der Waals surface area contributed by atoms with E-state index in [1.807, 2.05) is 0 Å². The van der Waals surface area contributed by atoms with Gasteiger partial charge in [-0.3, -0.25) is 4.79 Å². The summed E-state index contributed by atoms with van der Waals surface area (Å²) in [6, 6.07) is 0.730. The van der Waals surface area contributed by atoms with Crippen LogP contribution in [0.2, 0.25) is 0 Å². The molecule has 0 spiro atoms. The van der Waals surface area contributed by atoms with Crippen LogP contribution in [-0.4, -0.2) is 51.8 Å². The number of aromatic nitrogens is 1. The van der Waals surface area contributed by atoms with Gasteiger partial charge in [0.25, 0.3) is 0 Å². The lowest BCUT2D eigenvalue weighted by Crippen LogP contribution is -2.37. The SMILES string of the molecule is CNc1nc(N(C)CC(=O)NCCOC)c(F)cc1F. The molecule has 0 unspecified atom stereocenters. The van der Waals surface area contributed by atoms with Crippen LogP contribution >= 0.6 is 0 Å². The van der Waals surface area contributed by atoms with Crippen molar-refractivity contribution in [1.29, 1.82) is 0 Å². The van der Waals surface area contributed by atoms with Crippen molar-refractivity contribution in [3.8, 4) is 0 Å². The van der Waals surface area contributed by atoms with E-state index in [-0.39, 0.29) is 24.1 Å². The Kier molecular flexibility index (Phi) is 6.10. The second-order valence-electron chi connectivity index (χ2n) is 4.07. The zero-order valence-electron chi connectivity index (χ0n) is 11.7. The maximum Gasteiger partial charge on any atom is 0.239 e. The Hall–Kier alpha value is -1.96. The van der Waals surface area contributed by atoms with Gasteiger partial charge in [-0.25, -0.2) is 13.8 Å². The molecule has 0 bridgehead atoms. The van der Waals surface area contributed by atoms with E-state index in [4.69, 9.17) is 4.74 Å². The minimum absolute atomic E-state index is 0.0759. The third kappa shape index (κ3) is 4.30. The van der Waals surface area contributed by atoms with Crippen molar-refractivity contribution in [2.45, 2.75) is 0 Å². The van der Waals surface area contributed by atoms with E-state index in [1.165, 1.54) is 26.1 Å². The number of nitrogens with zero attached hydrogens (tertiary/aromatic N) is 2. The minimum atomic E-state index is -0.825. The molecule has 1 amide bonds. The second-order valence-corrected chi connectivity index (χ2v) is 4.07. The molecule has 0 saturated heterocycles. The Balaban J connectivity index is 2.72. The Bertz CT molecular complexity index is 471. The molecule has 2 N–H and O–H groups in total. The number of carbonyl (C=O) groups excluding carboxylic acids is 1. The second kappa shape index (κ2) is 7.59. The van der Waals surface area contributed by atoms with Crippen LogP contribution in [0.5, 0.6) is 0 Å². The molecule has 0 aliphatic rings. The third-order valence-electron chi connectivity index (χ3n) is 2.52. The Morgan fingerprint density at radius 3 is 2.75 bits per heavy atom. The van der Waals surface area contributed by atoms with E-state index < -0.39 is 11.6 Å². The molecule has 0 aliphatic carbocycles. The fourth-order valence-corrected chi connectivity index (χ4v) is 1.54. The lowest BCUT2D eigenvalue weighted by atomic mass is 10.3. The van der Waals surface area contributed by atoms with Gasteiger partial charge in [0.2, 0.25) is 5.91 Å². The summed E-state index contributed by atoms with van der Waals surface area (Å²) in [5.74, 6) is -2.09. The number of methoxy groups -OCH3 is 1. The maximum atomic E-state index is 13.7. The quantitative estimate of drug-likeness (QED) is 0.719. The van der Waals surface area contributed by atoms with Crippen molar-refractivity contribution in [1.82, 2.24) is 10.3 Å². The molecule has 0 aromatic carbocycles. The highest BCUT2D eigenvalue weighted by Gasteiger charge is 2.16. The molecule has 1 aromatic rings. The van der Waals surface area contributed by atoms with Crippen LogP contribution in [0.4, 0.5) is 20.4 Å². The number of rotatable bonds is 7. The number of ether oxygens (including phenoxy) is 1. The van der Waals surface area contributed by atoms with Crippen LogP contribution in [-0.2, 0) is 9.53 Å². The van der Waals surface area contributed by atoms with Gasteiger partial charge in [-0.15, -0.1) is 0 Å². The van der Waals surface area contributed by atoms with Gasteiger partial charge >= 0.3 is 0 Å². The fraction of sp³-hybridized carbons (Fsp3) is 0.500. The Labute approximate surface area is 116 Å². The van der Waals surface area contributed by atoms with E-state index in [9.17, 15) is 13.6 Å². The summed E-state index contributed by atoms with van der Waals surface area (Å²) < 4.78 is 31.7. The summed E-state index contributed by atoms with van der Waals surface area (Å²) in [4.78, 5) is 16.7. The first kappa shape index (κ1) is 16.1. The van der Waals surface area contributed by atoms with Gasteiger partial charge in [-0.2, -0.15) is 0 Å². The molecular weight excluding hydrogens is 270 g/mol. The Morgan fingerprint density at radius 2 is 2.15 bits per heavy atom. The topological polar surface area (TPSA) is 66.5 Å². The van der Waals surface area contributed by atoms with Crippen LogP contribution in [0.3, 0.4) is 0 Å². The normalized spacial score (nSPS) is 10.2. The van der Waals surface area contributed by atoms with Gasteiger partial charge in [0.1, 0.15) is 0 Å². The van der Waals surface area contributed by atoms with Crippen molar-refractivity contribution in [3.05, 3.63) is 17.7 Å². The molecule has 0 atom stereocenters. The number of amides is 1. The highest BCUT2D eigenvalue weighted by atomic mass is 19.1. The van der Waals surface area contributed by atoms with Gasteiger partial charge in [0.15, 0.2) is 23.3 Å². The zero-order valence-corrected chi connectivity index (χ0v) is 11.7. The summed E-state index contributed by atoms with van der Waals surface area (Å²) in [6.07, 6.45) is 0. The number of pyridine rings is 1. The van der Waals surface area contributed by atoms with Gasteiger partial charge in [0, 0.05) is 33.8 Å². The van der Waals surface area contributed by atoms with Crippen LogP contribution in [0, 0.1) is 11.6 Å². The number of anilines is 2. The number of hydrogen-bond donors (Lipinski definition) is 2. The molecular formula is C12H18F2N4O2. The van der Waals surface area contributed by atoms with Gasteiger partial charge in [-0.05, 0) is 0 Å². The van der Waals surface area contributed by atoms with Crippen molar-refractivity contribution in [2.24, 2.45) is 0 Å². The fourth-order valence-electron chi connectivity index (χ4n) is 1.54. The average Bonchev–Trinajstić information content (AvgIpc) is 2.39. The molecule has 6 nitrogen and oxygen atoms in total. The van der Waals surface area contributed by atoms with Crippen molar-refractivity contribution >= 4 is 17.5 Å². The van der Waals surface area contributed by atoms with Crippen LogP contribution < -0.4 is 15.5 Å². The maximum absolute atomic E-state index is 13.7. The molecule has 1 heterocycles. The summed E-state index contributed by atoms with van der Waals surface area (Å²) >= 11 is 0. The lowest BCUT2D eigenvalue weighted by Gasteiger charge is -2.19. The van der Waals surface area contributed by atoms with Crippen molar-refractivity contribution in [2.75, 3.05) is 51.1 Å². The van der Waals surface area contributed by atoms with E-state index in [0.29, 0.717) is 13.2 Å². The molecule has 0 saturated carbocycles. The summed E-state index contributed by atoms with van der Waals surface area (Å²) in [5.41, 5.74) is 0. The lowest BCUT2D eigenvalue weighted by molar-refractivity contribution is -0.119. The number of halogens is 2. The predicted molar refractivity (Wildman–Crippen MR) is 71.9 cm³/mol. The number of nitrogens with one attached hydrogen (secondary N) is 2. The minimum Gasteiger partial charge on any atom is -0.383 e.